The average Bonchev–Trinajstić information content (AvgIpc) is 3.08. The lowest BCUT2D eigenvalue weighted by Crippen LogP contribution is -2.21. The van der Waals surface area contributed by atoms with Crippen molar-refractivity contribution in [2.24, 2.45) is 7.05 Å². The molecule has 2 aromatic heterocycles. The third-order valence-corrected chi connectivity index (χ3v) is 4.24. The molecule has 0 saturated carbocycles. The van der Waals surface area contributed by atoms with E-state index in [4.69, 9.17) is 0 Å². The van der Waals surface area contributed by atoms with E-state index < -0.39 is 0 Å². The summed E-state index contributed by atoms with van der Waals surface area (Å²) in [5, 5.41) is 4.60. The monoisotopic (exact) mass is 317 g/mol. The summed E-state index contributed by atoms with van der Waals surface area (Å²) in [5.74, 6) is -0.294. The lowest BCUT2D eigenvalue weighted by Gasteiger charge is -2.11. The maximum absolute atomic E-state index is 12.8. The molecule has 2 aromatic carbocycles. The fraction of sp³-hybridized carbons (Fsp3) is 0.0526. The molecule has 0 radical (unpaired) electrons. The van der Waals surface area contributed by atoms with Crippen molar-refractivity contribution < 1.29 is 4.79 Å². The van der Waals surface area contributed by atoms with Crippen molar-refractivity contribution >= 4 is 33.4 Å². The van der Waals surface area contributed by atoms with Crippen molar-refractivity contribution in [1.82, 2.24) is 9.55 Å². The smallest absolute Gasteiger partial charge is 0.256 e. The number of rotatable bonds is 2. The number of para-hydroxylation sites is 1. The van der Waals surface area contributed by atoms with Crippen molar-refractivity contribution in [3.05, 3.63) is 76.7 Å². The number of aryl methyl sites for hydroxylation is 1. The minimum Gasteiger partial charge on any atom is -0.361 e. The topological polar surface area (TPSA) is 66.9 Å². The number of aromatic nitrogens is 2. The average molecular weight is 317 g/mol. The Bertz CT molecular complexity index is 1140. The summed E-state index contributed by atoms with van der Waals surface area (Å²) in [4.78, 5) is 28.1. The van der Waals surface area contributed by atoms with Crippen molar-refractivity contribution in [1.29, 1.82) is 0 Å². The van der Waals surface area contributed by atoms with E-state index in [-0.39, 0.29) is 11.5 Å². The molecule has 24 heavy (non-hydrogen) atoms. The molecule has 0 unspecified atom stereocenters. The summed E-state index contributed by atoms with van der Waals surface area (Å²) in [6.45, 7) is 0. The lowest BCUT2D eigenvalue weighted by atomic mass is 10.1. The maximum Gasteiger partial charge on any atom is 0.256 e. The predicted octanol–water partition coefficient (Wildman–Crippen LogP) is 3.27. The van der Waals surface area contributed by atoms with Crippen LogP contribution in [0.1, 0.15) is 10.4 Å². The van der Waals surface area contributed by atoms with E-state index in [9.17, 15) is 9.59 Å². The van der Waals surface area contributed by atoms with Gasteiger partial charge in [-0.15, -0.1) is 0 Å². The molecule has 118 valence electrons. The second-order valence-electron chi connectivity index (χ2n) is 5.67. The number of fused-ring (bicyclic) bond motifs is 2. The van der Waals surface area contributed by atoms with Gasteiger partial charge in [0.1, 0.15) is 0 Å². The van der Waals surface area contributed by atoms with Crippen LogP contribution >= 0.6 is 0 Å². The van der Waals surface area contributed by atoms with Crippen LogP contribution in [0.3, 0.4) is 0 Å². The predicted molar refractivity (Wildman–Crippen MR) is 95.4 cm³/mol. The summed E-state index contributed by atoms with van der Waals surface area (Å²) >= 11 is 0. The third-order valence-electron chi connectivity index (χ3n) is 4.24. The normalized spacial score (nSPS) is 11.0. The van der Waals surface area contributed by atoms with Gasteiger partial charge in [0.05, 0.1) is 16.8 Å². The summed E-state index contributed by atoms with van der Waals surface area (Å²) in [6.07, 6.45) is 1.83. The van der Waals surface area contributed by atoms with Crippen molar-refractivity contribution in [2.45, 2.75) is 0 Å². The molecule has 2 N–H and O–H groups in total. The van der Waals surface area contributed by atoms with Gasteiger partial charge < -0.3 is 14.9 Å². The van der Waals surface area contributed by atoms with Gasteiger partial charge in [-0.25, -0.2) is 0 Å². The number of carbonyl (C=O) groups is 1. The minimum absolute atomic E-state index is 0.210. The van der Waals surface area contributed by atoms with Gasteiger partial charge in [0.2, 0.25) is 0 Å². The summed E-state index contributed by atoms with van der Waals surface area (Å²) in [7, 11) is 1.70. The molecular weight excluding hydrogens is 302 g/mol. The first-order chi connectivity index (χ1) is 11.6. The number of amides is 1. The number of benzene rings is 2. The molecule has 0 saturated heterocycles. The van der Waals surface area contributed by atoms with Gasteiger partial charge in [-0.1, -0.05) is 24.3 Å². The molecule has 0 spiro atoms. The van der Waals surface area contributed by atoms with E-state index in [1.165, 1.54) is 6.07 Å². The van der Waals surface area contributed by atoms with Crippen molar-refractivity contribution in [3.8, 4) is 0 Å². The van der Waals surface area contributed by atoms with Crippen LogP contribution in [-0.2, 0) is 7.05 Å². The van der Waals surface area contributed by atoms with Crippen LogP contribution in [0.25, 0.3) is 21.8 Å². The Morgan fingerprint density at radius 2 is 1.88 bits per heavy atom. The van der Waals surface area contributed by atoms with Crippen molar-refractivity contribution in [2.75, 3.05) is 5.32 Å². The van der Waals surface area contributed by atoms with Crippen LogP contribution in [0.5, 0.6) is 0 Å². The molecule has 5 nitrogen and oxygen atoms in total. The quantitative estimate of drug-likeness (QED) is 0.596. The van der Waals surface area contributed by atoms with Crippen LogP contribution in [0.4, 0.5) is 5.69 Å². The Kier molecular flexibility index (Phi) is 3.20. The molecule has 4 aromatic rings. The molecule has 4 rings (SSSR count). The Morgan fingerprint density at radius 3 is 2.75 bits per heavy atom. The first-order valence-electron chi connectivity index (χ1n) is 7.61. The number of hydrogen-bond donors (Lipinski definition) is 2. The number of aromatic amines is 1. The van der Waals surface area contributed by atoms with E-state index in [0.717, 1.165) is 21.8 Å². The standard InChI is InChI=1S/C19H15N3O2/c1-22-17-8-3-2-5-12(17)14(11-18(22)23)19(24)21-16-7-4-6-15-13(16)9-10-20-15/h2-11,20H,1H3,(H,21,24). The lowest BCUT2D eigenvalue weighted by molar-refractivity contribution is 0.102. The molecule has 2 heterocycles. The molecule has 0 fully saturated rings. The largest absolute Gasteiger partial charge is 0.361 e. The highest BCUT2D eigenvalue weighted by Gasteiger charge is 2.14. The summed E-state index contributed by atoms with van der Waals surface area (Å²) in [6, 6.07) is 16.3. The number of carbonyl (C=O) groups excluding carboxylic acids is 1. The van der Waals surface area contributed by atoms with Crippen LogP contribution in [0.15, 0.2) is 65.6 Å². The van der Waals surface area contributed by atoms with Crippen LogP contribution in [-0.4, -0.2) is 15.5 Å². The molecule has 0 aliphatic carbocycles. The molecule has 0 atom stereocenters. The SMILES string of the molecule is Cn1c(=O)cc(C(=O)Nc2cccc3[nH]ccc23)c2ccccc21. The Hall–Kier alpha value is -3.34. The molecule has 0 bridgehead atoms. The fourth-order valence-corrected chi connectivity index (χ4v) is 2.98. The number of H-pyrrole nitrogens is 1. The first kappa shape index (κ1) is 14.3. The second-order valence-corrected chi connectivity index (χ2v) is 5.67. The summed E-state index contributed by atoms with van der Waals surface area (Å²) < 4.78 is 1.54. The highest BCUT2D eigenvalue weighted by molar-refractivity contribution is 6.14. The van der Waals surface area contributed by atoms with Gasteiger partial charge in [0, 0.05) is 35.6 Å². The van der Waals surface area contributed by atoms with Gasteiger partial charge in [0.15, 0.2) is 0 Å². The molecule has 0 aliphatic heterocycles. The molecule has 0 aliphatic rings. The van der Waals surface area contributed by atoms with Gasteiger partial charge in [-0.2, -0.15) is 0 Å². The Balaban J connectivity index is 1.83. The van der Waals surface area contributed by atoms with Gasteiger partial charge in [0.25, 0.3) is 11.5 Å². The number of pyridine rings is 1. The van der Waals surface area contributed by atoms with E-state index in [1.54, 1.807) is 11.6 Å². The van der Waals surface area contributed by atoms with Gasteiger partial charge in [-0.3, -0.25) is 9.59 Å². The highest BCUT2D eigenvalue weighted by atomic mass is 16.2. The second kappa shape index (κ2) is 5.38. The number of nitrogens with one attached hydrogen (secondary N) is 2. The fourth-order valence-electron chi connectivity index (χ4n) is 2.98. The van der Waals surface area contributed by atoms with Crippen molar-refractivity contribution in [3.63, 3.8) is 0 Å². The van der Waals surface area contributed by atoms with Gasteiger partial charge in [-0.05, 0) is 24.3 Å². The minimum atomic E-state index is -0.294. The van der Waals surface area contributed by atoms with Gasteiger partial charge >= 0.3 is 0 Å². The van der Waals surface area contributed by atoms with Crippen LogP contribution in [0.2, 0.25) is 0 Å². The number of nitrogens with zero attached hydrogens (tertiary/aromatic N) is 1. The summed E-state index contributed by atoms with van der Waals surface area (Å²) in [5.41, 5.74) is 2.56. The zero-order valence-electron chi connectivity index (χ0n) is 13.0. The third kappa shape index (κ3) is 2.18. The first-order valence-corrected chi connectivity index (χ1v) is 7.61. The zero-order chi connectivity index (χ0) is 16.7. The number of hydrogen-bond acceptors (Lipinski definition) is 2. The van der Waals surface area contributed by atoms with E-state index in [0.29, 0.717) is 11.3 Å². The molecular formula is C19H15N3O2. The van der Waals surface area contributed by atoms with E-state index in [1.807, 2.05) is 54.7 Å². The van der Waals surface area contributed by atoms with E-state index >= 15 is 0 Å². The molecule has 1 amide bonds. The van der Waals surface area contributed by atoms with E-state index in [2.05, 4.69) is 10.3 Å². The molecule has 5 heteroatoms. The Morgan fingerprint density at radius 1 is 1.04 bits per heavy atom. The zero-order valence-corrected chi connectivity index (χ0v) is 13.0. The number of anilines is 1. The highest BCUT2D eigenvalue weighted by Crippen LogP contribution is 2.24. The maximum atomic E-state index is 12.8. The Labute approximate surface area is 137 Å². The van der Waals surface area contributed by atoms with Crippen LogP contribution in [0, 0.1) is 0 Å². The van der Waals surface area contributed by atoms with Crippen LogP contribution < -0.4 is 10.9 Å².